The lowest BCUT2D eigenvalue weighted by Crippen LogP contribution is -2.41. The molecule has 1 unspecified atom stereocenters. The van der Waals surface area contributed by atoms with E-state index in [0.29, 0.717) is 12.2 Å². The number of phenolic OH excluding ortho intramolecular Hbond substituents is 1. The normalized spacial score (nSPS) is 14.1. The Morgan fingerprint density at radius 1 is 1.47 bits per heavy atom. The van der Waals surface area contributed by atoms with Crippen molar-refractivity contribution in [1.82, 2.24) is 4.90 Å². The van der Waals surface area contributed by atoms with Crippen LogP contribution in [0.1, 0.15) is 12.5 Å². The van der Waals surface area contributed by atoms with Crippen molar-refractivity contribution in [1.29, 1.82) is 5.26 Å². The van der Waals surface area contributed by atoms with Crippen LogP contribution < -0.4 is 4.74 Å². The second-order valence-electron chi connectivity index (χ2n) is 4.46. The molecule has 0 aliphatic heterocycles. The zero-order valence-electron chi connectivity index (χ0n) is 10.7. The van der Waals surface area contributed by atoms with Gasteiger partial charge in [-0.1, -0.05) is 6.07 Å². The van der Waals surface area contributed by atoms with Gasteiger partial charge in [-0.25, -0.2) is 0 Å². The summed E-state index contributed by atoms with van der Waals surface area (Å²) in [5, 5.41) is 18.7. The first-order valence-electron chi connectivity index (χ1n) is 5.37. The Bertz CT molecular complexity index is 438. The molecule has 0 saturated heterocycles. The molecule has 0 heterocycles. The Kier molecular flexibility index (Phi) is 3.97. The number of nitriles is 1. The highest BCUT2D eigenvalue weighted by molar-refractivity contribution is 5.42. The number of hydrogen-bond acceptors (Lipinski definition) is 4. The molecule has 0 bridgehead atoms. The van der Waals surface area contributed by atoms with E-state index in [1.807, 2.05) is 25.9 Å². The van der Waals surface area contributed by atoms with Crippen LogP contribution >= 0.6 is 0 Å². The average molecular weight is 234 g/mol. The fourth-order valence-electron chi connectivity index (χ4n) is 1.53. The molecule has 1 atom stereocenters. The van der Waals surface area contributed by atoms with Gasteiger partial charge in [-0.3, -0.25) is 4.90 Å². The van der Waals surface area contributed by atoms with E-state index in [0.717, 1.165) is 5.56 Å². The van der Waals surface area contributed by atoms with E-state index >= 15 is 0 Å². The molecule has 4 nitrogen and oxygen atoms in total. The molecule has 0 saturated carbocycles. The van der Waals surface area contributed by atoms with E-state index in [2.05, 4.69) is 6.07 Å². The highest BCUT2D eigenvalue weighted by Gasteiger charge is 2.27. The van der Waals surface area contributed by atoms with Gasteiger partial charge in [0.1, 0.15) is 5.54 Å². The van der Waals surface area contributed by atoms with Crippen molar-refractivity contribution in [3.8, 4) is 17.6 Å². The summed E-state index contributed by atoms with van der Waals surface area (Å²) in [5.41, 5.74) is 0.388. The molecule has 0 aliphatic rings. The smallest absolute Gasteiger partial charge is 0.160 e. The molecular weight excluding hydrogens is 216 g/mol. The molecule has 4 heteroatoms. The fraction of sp³-hybridized carbons (Fsp3) is 0.462. The van der Waals surface area contributed by atoms with E-state index in [9.17, 15) is 10.4 Å². The molecule has 0 aliphatic carbocycles. The van der Waals surface area contributed by atoms with Gasteiger partial charge in [-0.05, 0) is 38.7 Å². The van der Waals surface area contributed by atoms with Gasteiger partial charge in [0.05, 0.1) is 13.2 Å². The number of phenols is 1. The predicted octanol–water partition coefficient (Wildman–Crippen LogP) is 1.79. The molecule has 0 fully saturated rings. The second kappa shape index (κ2) is 5.07. The summed E-state index contributed by atoms with van der Waals surface area (Å²) >= 11 is 0. The molecule has 1 aromatic rings. The van der Waals surface area contributed by atoms with Crippen LogP contribution in [0, 0.1) is 11.3 Å². The Labute approximate surface area is 102 Å². The Morgan fingerprint density at radius 3 is 2.59 bits per heavy atom. The lowest BCUT2D eigenvalue weighted by molar-refractivity contribution is 0.236. The fourth-order valence-corrected chi connectivity index (χ4v) is 1.53. The van der Waals surface area contributed by atoms with Crippen LogP contribution in [0.25, 0.3) is 0 Å². The molecule has 92 valence electrons. The minimum Gasteiger partial charge on any atom is -0.504 e. The van der Waals surface area contributed by atoms with Crippen LogP contribution in [-0.2, 0) is 6.42 Å². The Morgan fingerprint density at radius 2 is 2.12 bits per heavy atom. The van der Waals surface area contributed by atoms with Crippen LogP contribution in [0.5, 0.6) is 11.5 Å². The quantitative estimate of drug-likeness (QED) is 0.863. The second-order valence-corrected chi connectivity index (χ2v) is 4.46. The lowest BCUT2D eigenvalue weighted by atomic mass is 9.93. The van der Waals surface area contributed by atoms with Crippen LogP contribution in [0.15, 0.2) is 18.2 Å². The molecule has 17 heavy (non-hydrogen) atoms. The van der Waals surface area contributed by atoms with Crippen LogP contribution in [0.2, 0.25) is 0 Å². The molecule has 0 aromatic heterocycles. The number of ether oxygens (including phenoxy) is 1. The molecule has 1 N–H and O–H groups in total. The monoisotopic (exact) mass is 234 g/mol. The number of rotatable bonds is 4. The highest BCUT2D eigenvalue weighted by Crippen LogP contribution is 2.28. The Hall–Kier alpha value is -1.73. The molecule has 0 radical (unpaired) electrons. The van der Waals surface area contributed by atoms with E-state index in [1.165, 1.54) is 7.11 Å². The standard InChI is InChI=1S/C13H18N2O2/c1-13(9-14,15(2)3)8-10-5-6-11(16)12(7-10)17-4/h5-7,16H,8H2,1-4H3. The summed E-state index contributed by atoms with van der Waals surface area (Å²) in [6.07, 6.45) is 0.577. The Balaban J connectivity index is 3.00. The number of aromatic hydroxyl groups is 1. The summed E-state index contributed by atoms with van der Waals surface area (Å²) in [4.78, 5) is 1.88. The maximum absolute atomic E-state index is 9.50. The number of nitrogens with zero attached hydrogens (tertiary/aromatic N) is 2. The van der Waals surface area contributed by atoms with Gasteiger partial charge in [0.15, 0.2) is 11.5 Å². The molecule has 0 spiro atoms. The van der Waals surface area contributed by atoms with Crippen molar-refractivity contribution >= 4 is 0 Å². The predicted molar refractivity (Wildman–Crippen MR) is 66.1 cm³/mol. The first kappa shape index (κ1) is 13.3. The largest absolute Gasteiger partial charge is 0.504 e. The van der Waals surface area contributed by atoms with Gasteiger partial charge in [-0.15, -0.1) is 0 Å². The minimum absolute atomic E-state index is 0.111. The number of likely N-dealkylation sites (N-methyl/N-ethyl adjacent to an activating group) is 1. The van der Waals surface area contributed by atoms with Gasteiger partial charge < -0.3 is 9.84 Å². The van der Waals surface area contributed by atoms with Gasteiger partial charge in [0.25, 0.3) is 0 Å². The van der Waals surface area contributed by atoms with Gasteiger partial charge in [0.2, 0.25) is 0 Å². The third-order valence-corrected chi connectivity index (χ3v) is 3.02. The van der Waals surface area contributed by atoms with E-state index in [1.54, 1.807) is 18.2 Å². The van der Waals surface area contributed by atoms with Crippen LogP contribution in [0.4, 0.5) is 0 Å². The first-order valence-corrected chi connectivity index (χ1v) is 5.37. The number of benzene rings is 1. The van der Waals surface area contributed by atoms with Gasteiger partial charge in [-0.2, -0.15) is 5.26 Å². The zero-order chi connectivity index (χ0) is 13.1. The highest BCUT2D eigenvalue weighted by atomic mass is 16.5. The summed E-state index contributed by atoms with van der Waals surface area (Å²) in [5.74, 6) is 0.543. The van der Waals surface area contributed by atoms with E-state index in [-0.39, 0.29) is 5.75 Å². The molecule has 1 rings (SSSR count). The summed E-state index contributed by atoms with van der Waals surface area (Å²) in [6, 6.07) is 7.45. The van der Waals surface area contributed by atoms with Crippen molar-refractivity contribution in [2.45, 2.75) is 18.9 Å². The van der Waals surface area contributed by atoms with E-state index < -0.39 is 5.54 Å². The van der Waals surface area contributed by atoms with Crippen molar-refractivity contribution < 1.29 is 9.84 Å². The third-order valence-electron chi connectivity index (χ3n) is 3.02. The van der Waals surface area contributed by atoms with Crippen LogP contribution in [0.3, 0.4) is 0 Å². The lowest BCUT2D eigenvalue weighted by Gasteiger charge is -2.29. The minimum atomic E-state index is -0.567. The topological polar surface area (TPSA) is 56.5 Å². The number of methoxy groups -OCH3 is 1. The number of hydrogen-bond donors (Lipinski definition) is 1. The summed E-state index contributed by atoms with van der Waals surface area (Å²) in [7, 11) is 5.26. The average Bonchev–Trinajstić information content (AvgIpc) is 2.31. The maximum Gasteiger partial charge on any atom is 0.160 e. The molecule has 1 aromatic carbocycles. The zero-order valence-corrected chi connectivity index (χ0v) is 10.7. The van der Waals surface area contributed by atoms with Gasteiger partial charge in [0, 0.05) is 6.42 Å². The van der Waals surface area contributed by atoms with Crippen molar-refractivity contribution in [2.75, 3.05) is 21.2 Å². The van der Waals surface area contributed by atoms with Crippen molar-refractivity contribution in [2.24, 2.45) is 0 Å². The first-order chi connectivity index (χ1) is 7.92. The van der Waals surface area contributed by atoms with Crippen molar-refractivity contribution in [3.05, 3.63) is 23.8 Å². The van der Waals surface area contributed by atoms with Crippen molar-refractivity contribution in [3.63, 3.8) is 0 Å². The van der Waals surface area contributed by atoms with Gasteiger partial charge >= 0.3 is 0 Å². The third kappa shape index (κ3) is 2.89. The van der Waals surface area contributed by atoms with E-state index in [4.69, 9.17) is 4.74 Å². The molecular formula is C13H18N2O2. The van der Waals surface area contributed by atoms with Crippen LogP contribution in [-0.4, -0.2) is 36.8 Å². The summed E-state index contributed by atoms with van der Waals surface area (Å²) in [6.45, 7) is 1.88. The maximum atomic E-state index is 9.50. The molecule has 0 amide bonds. The summed E-state index contributed by atoms with van der Waals surface area (Å²) < 4.78 is 5.05. The SMILES string of the molecule is COc1cc(CC(C)(C#N)N(C)C)ccc1O.